The largest absolute Gasteiger partial charge is 0.462 e. The third-order valence-corrected chi connectivity index (χ3v) is 2.91. The van der Waals surface area contributed by atoms with E-state index in [1.165, 1.54) is 0 Å². The molecular weight excluding hydrogens is 317 g/mol. The van der Waals surface area contributed by atoms with Gasteiger partial charge < -0.3 is 9.47 Å². The van der Waals surface area contributed by atoms with Gasteiger partial charge in [0, 0.05) is 6.20 Å². The maximum Gasteiger partial charge on any atom is 0.417 e. The van der Waals surface area contributed by atoms with Crippen LogP contribution in [-0.2, 0) is 15.7 Å². The van der Waals surface area contributed by atoms with E-state index in [0.29, 0.717) is 6.20 Å². The molecule has 23 heavy (non-hydrogen) atoms. The van der Waals surface area contributed by atoms with Crippen LogP contribution >= 0.6 is 0 Å². The third kappa shape index (κ3) is 3.27. The lowest BCUT2D eigenvalue weighted by Gasteiger charge is -2.06. The van der Waals surface area contributed by atoms with E-state index in [-0.39, 0.29) is 30.0 Å². The van der Waals surface area contributed by atoms with E-state index in [0.717, 1.165) is 16.6 Å². The Morgan fingerprint density at radius 2 is 1.74 bits per heavy atom. The summed E-state index contributed by atoms with van der Waals surface area (Å²) in [5.41, 5.74) is -1.54. The molecular formula is C14H13F3N2O4. The van der Waals surface area contributed by atoms with Crippen molar-refractivity contribution in [3.05, 3.63) is 35.2 Å². The van der Waals surface area contributed by atoms with Crippen LogP contribution in [0, 0.1) is 0 Å². The van der Waals surface area contributed by atoms with Crippen LogP contribution < -0.4 is 0 Å². The Balaban J connectivity index is 2.65. The van der Waals surface area contributed by atoms with Crippen molar-refractivity contribution in [2.75, 3.05) is 13.2 Å². The lowest BCUT2D eigenvalue weighted by atomic mass is 10.1. The van der Waals surface area contributed by atoms with E-state index in [1.807, 2.05) is 0 Å². The van der Waals surface area contributed by atoms with Crippen molar-refractivity contribution in [1.29, 1.82) is 0 Å². The topological polar surface area (TPSA) is 69.9 Å². The Morgan fingerprint density at radius 3 is 2.30 bits per heavy atom. The van der Waals surface area contributed by atoms with Crippen LogP contribution in [0.15, 0.2) is 18.3 Å². The monoisotopic (exact) mass is 330 g/mol. The van der Waals surface area contributed by atoms with Crippen molar-refractivity contribution in [3.63, 3.8) is 0 Å². The first-order valence-corrected chi connectivity index (χ1v) is 6.73. The molecule has 2 rings (SSSR count). The first-order chi connectivity index (χ1) is 10.8. The van der Waals surface area contributed by atoms with Crippen LogP contribution in [0.2, 0.25) is 0 Å². The van der Waals surface area contributed by atoms with Gasteiger partial charge in [-0.05, 0) is 26.0 Å². The molecule has 0 aliphatic carbocycles. The van der Waals surface area contributed by atoms with Crippen LogP contribution in [0.3, 0.4) is 0 Å². The fourth-order valence-corrected chi connectivity index (χ4v) is 1.96. The normalized spacial score (nSPS) is 11.5. The molecule has 0 aliphatic heterocycles. The number of carbonyl (C=O) groups excluding carboxylic acids is 2. The molecule has 0 unspecified atom stereocenters. The van der Waals surface area contributed by atoms with E-state index in [1.54, 1.807) is 13.8 Å². The van der Waals surface area contributed by atoms with Crippen LogP contribution in [0.25, 0.3) is 5.52 Å². The number of alkyl halides is 3. The lowest BCUT2D eigenvalue weighted by Crippen LogP contribution is -2.13. The summed E-state index contributed by atoms with van der Waals surface area (Å²) in [6.07, 6.45) is -3.88. The third-order valence-electron chi connectivity index (χ3n) is 2.91. The quantitative estimate of drug-likeness (QED) is 0.806. The van der Waals surface area contributed by atoms with E-state index in [9.17, 15) is 22.8 Å². The minimum absolute atomic E-state index is 0.0273. The molecule has 0 fully saturated rings. The number of esters is 2. The zero-order chi connectivity index (χ0) is 17.2. The number of ether oxygens (including phenoxy) is 2. The summed E-state index contributed by atoms with van der Waals surface area (Å²) in [7, 11) is 0. The highest BCUT2D eigenvalue weighted by Gasteiger charge is 2.33. The van der Waals surface area contributed by atoms with Crippen molar-refractivity contribution in [2.24, 2.45) is 0 Å². The zero-order valence-corrected chi connectivity index (χ0v) is 12.3. The number of nitrogens with zero attached hydrogens (tertiary/aromatic N) is 2. The highest BCUT2D eigenvalue weighted by molar-refractivity contribution is 6.07. The Labute approximate surface area is 128 Å². The molecule has 9 heteroatoms. The maximum atomic E-state index is 12.8. The Bertz CT molecular complexity index is 752. The van der Waals surface area contributed by atoms with Crippen LogP contribution in [-0.4, -0.2) is 34.8 Å². The predicted molar refractivity (Wildman–Crippen MR) is 72.1 cm³/mol. The molecule has 0 spiro atoms. The van der Waals surface area contributed by atoms with Gasteiger partial charge in [-0.3, -0.25) is 0 Å². The Morgan fingerprint density at radius 1 is 1.13 bits per heavy atom. The fourth-order valence-electron chi connectivity index (χ4n) is 1.96. The number of aromatic nitrogens is 2. The number of rotatable bonds is 4. The summed E-state index contributed by atoms with van der Waals surface area (Å²) in [4.78, 5) is 23.9. The molecule has 0 radical (unpaired) electrons. The molecule has 0 saturated carbocycles. The summed E-state index contributed by atoms with van der Waals surface area (Å²) in [5, 5.41) is 3.75. The van der Waals surface area contributed by atoms with Gasteiger partial charge in [-0.25, -0.2) is 14.1 Å². The van der Waals surface area contributed by atoms with Crippen LogP contribution in [0.1, 0.15) is 40.3 Å². The Kier molecular flexibility index (Phi) is 4.57. The van der Waals surface area contributed by atoms with Crippen LogP contribution in [0.4, 0.5) is 13.2 Å². The molecule has 6 nitrogen and oxygen atoms in total. The predicted octanol–water partition coefficient (Wildman–Crippen LogP) is 2.71. The second kappa shape index (κ2) is 6.27. The maximum absolute atomic E-state index is 12.8. The number of hydrogen-bond donors (Lipinski definition) is 0. The van der Waals surface area contributed by atoms with Crippen molar-refractivity contribution in [2.45, 2.75) is 20.0 Å². The SMILES string of the molecule is CCOC(=O)c1nn2cc(C(F)(F)F)ccc2c1C(=O)OCC. The number of carbonyl (C=O) groups is 2. The van der Waals surface area contributed by atoms with Gasteiger partial charge >= 0.3 is 18.1 Å². The average Bonchev–Trinajstić information content (AvgIpc) is 2.85. The number of pyridine rings is 1. The molecule has 124 valence electrons. The summed E-state index contributed by atoms with van der Waals surface area (Å²) in [6.45, 7) is 3.19. The zero-order valence-electron chi connectivity index (χ0n) is 12.3. The second-order valence-electron chi connectivity index (χ2n) is 4.41. The highest BCUT2D eigenvalue weighted by Crippen LogP contribution is 2.30. The van der Waals surface area contributed by atoms with Gasteiger partial charge in [0.2, 0.25) is 0 Å². The average molecular weight is 330 g/mol. The lowest BCUT2D eigenvalue weighted by molar-refractivity contribution is -0.137. The molecule has 0 aromatic carbocycles. The smallest absolute Gasteiger partial charge is 0.417 e. The van der Waals surface area contributed by atoms with Crippen molar-refractivity contribution < 1.29 is 32.2 Å². The van der Waals surface area contributed by atoms with E-state index in [2.05, 4.69) is 5.10 Å². The van der Waals surface area contributed by atoms with Gasteiger partial charge in [-0.15, -0.1) is 0 Å². The van der Waals surface area contributed by atoms with Gasteiger partial charge in [0.25, 0.3) is 0 Å². The van der Waals surface area contributed by atoms with Gasteiger partial charge in [-0.2, -0.15) is 18.3 Å². The van der Waals surface area contributed by atoms with Gasteiger partial charge in [0.1, 0.15) is 5.56 Å². The van der Waals surface area contributed by atoms with E-state index >= 15 is 0 Å². The molecule has 0 saturated heterocycles. The van der Waals surface area contributed by atoms with Crippen LogP contribution in [0.5, 0.6) is 0 Å². The minimum Gasteiger partial charge on any atom is -0.462 e. The summed E-state index contributed by atoms with van der Waals surface area (Å²) in [5.74, 6) is -1.77. The van der Waals surface area contributed by atoms with E-state index < -0.39 is 23.7 Å². The second-order valence-corrected chi connectivity index (χ2v) is 4.41. The van der Waals surface area contributed by atoms with Crippen molar-refractivity contribution in [3.8, 4) is 0 Å². The highest BCUT2D eigenvalue weighted by atomic mass is 19.4. The molecule has 0 atom stereocenters. The molecule has 2 heterocycles. The molecule has 0 bridgehead atoms. The number of halogens is 3. The van der Waals surface area contributed by atoms with Crippen molar-refractivity contribution in [1.82, 2.24) is 9.61 Å². The van der Waals surface area contributed by atoms with Crippen molar-refractivity contribution >= 4 is 17.5 Å². The first-order valence-electron chi connectivity index (χ1n) is 6.73. The van der Waals surface area contributed by atoms with E-state index in [4.69, 9.17) is 9.47 Å². The first kappa shape index (κ1) is 16.8. The molecule has 2 aromatic heterocycles. The summed E-state index contributed by atoms with van der Waals surface area (Å²) >= 11 is 0. The van der Waals surface area contributed by atoms with Gasteiger partial charge in [0.15, 0.2) is 5.69 Å². The fraction of sp³-hybridized carbons (Fsp3) is 0.357. The molecule has 2 aromatic rings. The standard InChI is InChI=1S/C14H13F3N2O4/c1-3-22-12(20)10-9-6-5-8(14(15,16)17)7-19(9)18-11(10)13(21)23-4-2/h5-7H,3-4H2,1-2H3. The number of fused-ring (bicyclic) bond motifs is 1. The molecule has 0 aliphatic rings. The van der Waals surface area contributed by atoms with Gasteiger partial charge in [0.05, 0.1) is 24.3 Å². The molecule has 0 amide bonds. The summed E-state index contributed by atoms with van der Waals surface area (Å²) in [6, 6.07) is 1.86. The molecule has 0 N–H and O–H groups in total. The summed E-state index contributed by atoms with van der Waals surface area (Å²) < 4.78 is 48.7. The van der Waals surface area contributed by atoms with Gasteiger partial charge in [-0.1, -0.05) is 0 Å². The minimum atomic E-state index is -4.58. The number of hydrogen-bond acceptors (Lipinski definition) is 5. The Hall–Kier alpha value is -2.58.